The number of amides is 1. The first-order valence-corrected chi connectivity index (χ1v) is 8.00. The van der Waals surface area contributed by atoms with E-state index in [2.05, 4.69) is 21.4 Å². The lowest BCUT2D eigenvalue weighted by atomic mass is 10.0. The molecule has 1 aliphatic rings. The van der Waals surface area contributed by atoms with Gasteiger partial charge in [0, 0.05) is 35.9 Å². The van der Waals surface area contributed by atoms with Crippen molar-refractivity contribution in [3.8, 4) is 16.9 Å². The Labute approximate surface area is 136 Å². The number of rotatable bonds is 5. The van der Waals surface area contributed by atoms with Gasteiger partial charge in [0.2, 0.25) is 5.91 Å². The van der Waals surface area contributed by atoms with Gasteiger partial charge in [-0.25, -0.2) is 9.97 Å². The van der Waals surface area contributed by atoms with Crippen molar-refractivity contribution in [1.82, 2.24) is 15.3 Å². The second-order valence-corrected chi connectivity index (χ2v) is 5.92. The normalized spacial score (nSPS) is 17.2. The summed E-state index contributed by atoms with van der Waals surface area (Å²) in [4.78, 5) is 20.0. The third kappa shape index (κ3) is 3.33. The molecule has 0 fully saturated rings. The molecular weight excluding hydrogens is 290 g/mol. The lowest BCUT2D eigenvalue weighted by Crippen LogP contribution is -2.37. The van der Waals surface area contributed by atoms with Gasteiger partial charge in [-0.2, -0.15) is 0 Å². The zero-order valence-corrected chi connectivity index (χ0v) is 13.5. The van der Waals surface area contributed by atoms with Gasteiger partial charge < -0.3 is 10.1 Å². The Morgan fingerprint density at radius 3 is 2.91 bits per heavy atom. The van der Waals surface area contributed by atoms with Crippen LogP contribution in [-0.4, -0.2) is 28.5 Å². The maximum absolute atomic E-state index is 11.9. The highest BCUT2D eigenvalue weighted by molar-refractivity contribution is 5.78. The summed E-state index contributed by atoms with van der Waals surface area (Å²) >= 11 is 0. The number of fused-ring (bicyclic) bond motifs is 1. The number of nitrogens with zero attached hydrogens (tertiary/aromatic N) is 2. The maximum Gasteiger partial charge on any atom is 0.222 e. The van der Waals surface area contributed by atoms with Gasteiger partial charge in [-0.15, -0.1) is 0 Å². The first-order chi connectivity index (χ1) is 11.2. The van der Waals surface area contributed by atoms with E-state index >= 15 is 0 Å². The number of nitrogens with one attached hydrogen (secondary N) is 1. The van der Waals surface area contributed by atoms with Crippen molar-refractivity contribution in [3.63, 3.8) is 0 Å². The Kier molecular flexibility index (Phi) is 4.55. The molecule has 0 bridgehead atoms. The fraction of sp³-hybridized carbons (Fsp3) is 0.389. The quantitative estimate of drug-likeness (QED) is 0.922. The topological polar surface area (TPSA) is 64.1 Å². The van der Waals surface area contributed by atoms with Gasteiger partial charge in [-0.3, -0.25) is 4.79 Å². The smallest absolute Gasteiger partial charge is 0.222 e. The van der Waals surface area contributed by atoms with Crippen molar-refractivity contribution in [2.45, 2.75) is 32.8 Å². The third-order valence-corrected chi connectivity index (χ3v) is 4.26. The Morgan fingerprint density at radius 1 is 1.39 bits per heavy atom. The molecule has 0 saturated heterocycles. The van der Waals surface area contributed by atoms with Gasteiger partial charge in [0.25, 0.3) is 0 Å². The monoisotopic (exact) mass is 311 g/mol. The Bertz CT molecular complexity index is 688. The van der Waals surface area contributed by atoms with Crippen LogP contribution in [0.15, 0.2) is 36.9 Å². The summed E-state index contributed by atoms with van der Waals surface area (Å²) in [6, 6.07) is 6.10. The number of para-hydroxylation sites is 1. The summed E-state index contributed by atoms with van der Waals surface area (Å²) in [6.07, 6.45) is 6.70. The van der Waals surface area contributed by atoms with E-state index in [1.165, 1.54) is 6.33 Å². The lowest BCUT2D eigenvalue weighted by molar-refractivity contribution is -0.124. The molecule has 2 unspecified atom stereocenters. The third-order valence-electron chi connectivity index (χ3n) is 4.26. The average Bonchev–Trinajstić information content (AvgIpc) is 3.02. The van der Waals surface area contributed by atoms with Crippen molar-refractivity contribution in [3.05, 3.63) is 42.5 Å². The Balaban J connectivity index is 1.71. The van der Waals surface area contributed by atoms with Gasteiger partial charge in [-0.05, 0) is 12.0 Å². The van der Waals surface area contributed by atoms with Crippen LogP contribution < -0.4 is 10.1 Å². The standard InChI is InChI=1S/C18H21N3O2/c1-3-12(2)18(22)21-10-15-7-13-5-4-6-16(17(13)23-15)14-8-19-11-20-9-14/h4-6,8-9,11-12,15H,3,7,10H2,1-2H3,(H,21,22). The summed E-state index contributed by atoms with van der Waals surface area (Å²) in [5, 5.41) is 2.98. The number of benzene rings is 1. The molecule has 0 radical (unpaired) electrons. The number of hydrogen-bond acceptors (Lipinski definition) is 4. The fourth-order valence-electron chi connectivity index (χ4n) is 2.69. The van der Waals surface area contributed by atoms with Crippen LogP contribution in [0.4, 0.5) is 0 Å². The zero-order valence-electron chi connectivity index (χ0n) is 13.5. The summed E-state index contributed by atoms with van der Waals surface area (Å²) < 4.78 is 6.09. The number of carbonyl (C=O) groups excluding carboxylic acids is 1. The number of hydrogen-bond donors (Lipinski definition) is 1. The molecule has 1 N–H and O–H groups in total. The van der Waals surface area contributed by atoms with E-state index in [-0.39, 0.29) is 17.9 Å². The maximum atomic E-state index is 11.9. The van der Waals surface area contributed by atoms with Crippen LogP contribution in [0.3, 0.4) is 0 Å². The van der Waals surface area contributed by atoms with Gasteiger partial charge in [0.1, 0.15) is 18.2 Å². The minimum atomic E-state index is -0.0243. The van der Waals surface area contributed by atoms with E-state index in [1.54, 1.807) is 12.4 Å². The molecule has 2 atom stereocenters. The fourth-order valence-corrected chi connectivity index (χ4v) is 2.69. The molecule has 5 nitrogen and oxygen atoms in total. The Hall–Kier alpha value is -2.43. The minimum Gasteiger partial charge on any atom is -0.487 e. The van der Waals surface area contributed by atoms with E-state index in [9.17, 15) is 4.79 Å². The molecule has 3 rings (SSSR count). The molecule has 0 aliphatic carbocycles. The molecule has 1 aliphatic heterocycles. The van der Waals surface area contributed by atoms with E-state index in [0.717, 1.165) is 35.3 Å². The summed E-state index contributed by atoms with van der Waals surface area (Å²) in [6.45, 7) is 4.48. The summed E-state index contributed by atoms with van der Waals surface area (Å²) in [5.41, 5.74) is 3.10. The molecule has 2 heterocycles. The molecule has 2 aromatic rings. The first-order valence-electron chi connectivity index (χ1n) is 8.00. The van der Waals surface area contributed by atoms with E-state index in [0.29, 0.717) is 6.54 Å². The second-order valence-electron chi connectivity index (χ2n) is 5.92. The van der Waals surface area contributed by atoms with E-state index in [4.69, 9.17) is 4.74 Å². The van der Waals surface area contributed by atoms with Crippen LogP contribution >= 0.6 is 0 Å². The van der Waals surface area contributed by atoms with Gasteiger partial charge >= 0.3 is 0 Å². The molecule has 23 heavy (non-hydrogen) atoms. The van der Waals surface area contributed by atoms with Crippen molar-refractivity contribution >= 4 is 5.91 Å². The molecule has 0 saturated carbocycles. The van der Waals surface area contributed by atoms with Crippen LogP contribution in [0.2, 0.25) is 0 Å². The van der Waals surface area contributed by atoms with Gasteiger partial charge in [0.15, 0.2) is 0 Å². The predicted octanol–water partition coefficient (Wildman–Crippen LogP) is 2.61. The highest BCUT2D eigenvalue weighted by atomic mass is 16.5. The summed E-state index contributed by atoms with van der Waals surface area (Å²) in [5.74, 6) is 1.00. The van der Waals surface area contributed by atoms with Gasteiger partial charge in [-0.1, -0.05) is 32.0 Å². The predicted molar refractivity (Wildman–Crippen MR) is 88.1 cm³/mol. The highest BCUT2D eigenvalue weighted by Crippen LogP contribution is 2.38. The van der Waals surface area contributed by atoms with Crippen LogP contribution in [0.25, 0.3) is 11.1 Å². The molecule has 120 valence electrons. The van der Waals surface area contributed by atoms with Gasteiger partial charge in [0.05, 0.1) is 6.54 Å². The molecule has 1 amide bonds. The van der Waals surface area contributed by atoms with Crippen molar-refractivity contribution in [2.75, 3.05) is 6.54 Å². The Morgan fingerprint density at radius 2 is 2.17 bits per heavy atom. The van der Waals surface area contributed by atoms with Crippen molar-refractivity contribution in [1.29, 1.82) is 0 Å². The van der Waals surface area contributed by atoms with Crippen LogP contribution in [0, 0.1) is 5.92 Å². The van der Waals surface area contributed by atoms with Crippen molar-refractivity contribution in [2.24, 2.45) is 5.92 Å². The largest absolute Gasteiger partial charge is 0.487 e. The molecular formula is C18H21N3O2. The minimum absolute atomic E-state index is 0.0243. The molecule has 5 heteroatoms. The number of ether oxygens (including phenoxy) is 1. The SMILES string of the molecule is CCC(C)C(=O)NCC1Cc2cccc(-c3cncnc3)c2O1. The van der Waals surface area contributed by atoms with Crippen LogP contribution in [0.1, 0.15) is 25.8 Å². The van der Waals surface area contributed by atoms with E-state index in [1.807, 2.05) is 26.0 Å². The number of aromatic nitrogens is 2. The molecule has 1 aromatic carbocycles. The van der Waals surface area contributed by atoms with Crippen LogP contribution in [-0.2, 0) is 11.2 Å². The number of carbonyl (C=O) groups is 1. The highest BCUT2D eigenvalue weighted by Gasteiger charge is 2.26. The lowest BCUT2D eigenvalue weighted by Gasteiger charge is -2.15. The van der Waals surface area contributed by atoms with Crippen molar-refractivity contribution < 1.29 is 9.53 Å². The first kappa shape index (κ1) is 15.5. The second kappa shape index (κ2) is 6.77. The van der Waals surface area contributed by atoms with Crippen LogP contribution in [0.5, 0.6) is 5.75 Å². The zero-order chi connectivity index (χ0) is 16.2. The van der Waals surface area contributed by atoms with E-state index < -0.39 is 0 Å². The molecule has 1 aromatic heterocycles. The average molecular weight is 311 g/mol. The summed E-state index contributed by atoms with van der Waals surface area (Å²) in [7, 11) is 0. The molecule has 0 spiro atoms.